The molecule has 1 N–H and O–H groups in total. The maximum Gasteiger partial charge on any atom is 0.242 e. The molecule has 1 atom stereocenters. The average molecular weight is 267 g/mol. The van der Waals surface area contributed by atoms with E-state index in [9.17, 15) is 4.79 Å². The van der Waals surface area contributed by atoms with E-state index in [4.69, 9.17) is 0 Å². The molecule has 2 aliphatic heterocycles. The molecule has 2 rings (SSSR count). The molecule has 2 saturated heterocycles. The average Bonchev–Trinajstić information content (AvgIpc) is 2.89. The smallest absolute Gasteiger partial charge is 0.242 e. The number of nitrogens with zero attached hydrogens (tertiary/aromatic N) is 2. The standard InChI is InChI=1S/C15H29N3O/c1-3-6-15(7-5-8-16-15)14(19)18-12-10-17(9-4-2)11-13-18/h16H,3-13H2,1-2H3. The molecule has 0 spiro atoms. The summed E-state index contributed by atoms with van der Waals surface area (Å²) in [5.41, 5.74) is -0.234. The first-order valence-corrected chi connectivity index (χ1v) is 7.98. The summed E-state index contributed by atoms with van der Waals surface area (Å²) >= 11 is 0. The molecular formula is C15H29N3O. The highest BCUT2D eigenvalue weighted by Crippen LogP contribution is 2.27. The molecule has 1 unspecified atom stereocenters. The molecule has 1 amide bonds. The highest BCUT2D eigenvalue weighted by atomic mass is 16.2. The number of hydrogen-bond acceptors (Lipinski definition) is 3. The van der Waals surface area contributed by atoms with Gasteiger partial charge in [-0.15, -0.1) is 0 Å². The summed E-state index contributed by atoms with van der Waals surface area (Å²) in [4.78, 5) is 17.4. The van der Waals surface area contributed by atoms with Crippen LogP contribution in [0, 0.1) is 0 Å². The number of nitrogens with one attached hydrogen (secondary N) is 1. The monoisotopic (exact) mass is 267 g/mol. The molecule has 0 aromatic heterocycles. The summed E-state index contributed by atoms with van der Waals surface area (Å²) in [6, 6.07) is 0. The molecule has 2 heterocycles. The molecule has 4 nitrogen and oxygen atoms in total. The van der Waals surface area contributed by atoms with Gasteiger partial charge in [-0.3, -0.25) is 9.69 Å². The third-order valence-electron chi connectivity index (χ3n) is 4.53. The van der Waals surface area contributed by atoms with Crippen LogP contribution in [0.1, 0.15) is 46.0 Å². The van der Waals surface area contributed by atoms with Crippen LogP contribution in [0.4, 0.5) is 0 Å². The summed E-state index contributed by atoms with van der Waals surface area (Å²) < 4.78 is 0. The predicted octanol–water partition coefficient (Wildman–Crippen LogP) is 1.46. The third-order valence-corrected chi connectivity index (χ3v) is 4.53. The first kappa shape index (κ1) is 14.8. The van der Waals surface area contributed by atoms with E-state index < -0.39 is 0 Å². The number of carbonyl (C=O) groups excluding carboxylic acids is 1. The maximum absolute atomic E-state index is 12.8. The van der Waals surface area contributed by atoms with Gasteiger partial charge >= 0.3 is 0 Å². The number of carbonyl (C=O) groups is 1. The van der Waals surface area contributed by atoms with E-state index in [1.54, 1.807) is 0 Å². The largest absolute Gasteiger partial charge is 0.339 e. The lowest BCUT2D eigenvalue weighted by Crippen LogP contribution is -2.59. The first-order chi connectivity index (χ1) is 9.22. The van der Waals surface area contributed by atoms with Crippen LogP contribution in [0.25, 0.3) is 0 Å². The van der Waals surface area contributed by atoms with E-state index >= 15 is 0 Å². The molecule has 0 bridgehead atoms. The van der Waals surface area contributed by atoms with E-state index in [0.717, 1.165) is 58.4 Å². The van der Waals surface area contributed by atoms with Crippen LogP contribution >= 0.6 is 0 Å². The lowest BCUT2D eigenvalue weighted by Gasteiger charge is -2.39. The Bertz CT molecular complexity index is 292. The minimum absolute atomic E-state index is 0.234. The van der Waals surface area contributed by atoms with Crippen LogP contribution in [0.5, 0.6) is 0 Å². The van der Waals surface area contributed by atoms with E-state index in [0.29, 0.717) is 5.91 Å². The van der Waals surface area contributed by atoms with Gasteiger partial charge < -0.3 is 10.2 Å². The topological polar surface area (TPSA) is 35.6 Å². The van der Waals surface area contributed by atoms with E-state index in [1.807, 2.05) is 0 Å². The van der Waals surface area contributed by atoms with Gasteiger partial charge in [0.25, 0.3) is 0 Å². The van der Waals surface area contributed by atoms with Gasteiger partial charge in [-0.2, -0.15) is 0 Å². The van der Waals surface area contributed by atoms with Crippen molar-refractivity contribution in [3.05, 3.63) is 0 Å². The summed E-state index contributed by atoms with van der Waals surface area (Å²) in [6.45, 7) is 10.5. The van der Waals surface area contributed by atoms with Crippen molar-refractivity contribution < 1.29 is 4.79 Å². The Balaban J connectivity index is 1.92. The highest BCUT2D eigenvalue weighted by molar-refractivity contribution is 5.86. The summed E-state index contributed by atoms with van der Waals surface area (Å²) in [5.74, 6) is 0.364. The van der Waals surface area contributed by atoms with Crippen molar-refractivity contribution in [2.24, 2.45) is 0 Å². The number of hydrogen-bond donors (Lipinski definition) is 1. The molecule has 0 aliphatic carbocycles. The fraction of sp³-hybridized carbons (Fsp3) is 0.933. The quantitative estimate of drug-likeness (QED) is 0.819. The molecule has 0 radical (unpaired) electrons. The predicted molar refractivity (Wildman–Crippen MR) is 78.2 cm³/mol. The van der Waals surface area contributed by atoms with Gasteiger partial charge in [-0.05, 0) is 38.8 Å². The molecule has 4 heteroatoms. The Hall–Kier alpha value is -0.610. The Morgan fingerprint density at radius 1 is 1.16 bits per heavy atom. The zero-order valence-corrected chi connectivity index (χ0v) is 12.6. The van der Waals surface area contributed by atoms with Crippen LogP contribution in [0.2, 0.25) is 0 Å². The second kappa shape index (κ2) is 6.71. The first-order valence-electron chi connectivity index (χ1n) is 7.98. The minimum atomic E-state index is -0.234. The maximum atomic E-state index is 12.8. The van der Waals surface area contributed by atoms with Gasteiger partial charge in [0.15, 0.2) is 0 Å². The highest BCUT2D eigenvalue weighted by Gasteiger charge is 2.42. The zero-order valence-electron chi connectivity index (χ0n) is 12.6. The van der Waals surface area contributed by atoms with Crippen LogP contribution in [0.3, 0.4) is 0 Å². The lowest BCUT2D eigenvalue weighted by atomic mass is 9.90. The number of rotatable bonds is 5. The van der Waals surface area contributed by atoms with Crippen molar-refractivity contribution >= 4 is 5.91 Å². The van der Waals surface area contributed by atoms with Gasteiger partial charge in [-0.25, -0.2) is 0 Å². The summed E-state index contributed by atoms with van der Waals surface area (Å²) in [7, 11) is 0. The third kappa shape index (κ3) is 3.29. The molecule has 19 heavy (non-hydrogen) atoms. The van der Waals surface area contributed by atoms with Crippen LogP contribution in [-0.2, 0) is 4.79 Å². The SMILES string of the molecule is CCCN1CCN(C(=O)C2(CCC)CCCN2)CC1. The van der Waals surface area contributed by atoms with Crippen molar-refractivity contribution in [3.63, 3.8) is 0 Å². The van der Waals surface area contributed by atoms with Gasteiger partial charge in [-0.1, -0.05) is 20.3 Å². The van der Waals surface area contributed by atoms with Gasteiger partial charge in [0, 0.05) is 26.2 Å². The van der Waals surface area contributed by atoms with Crippen molar-refractivity contribution in [2.75, 3.05) is 39.3 Å². The fourth-order valence-electron chi connectivity index (χ4n) is 3.53. The molecule has 0 saturated carbocycles. The van der Waals surface area contributed by atoms with Crippen LogP contribution in [-0.4, -0.2) is 60.5 Å². The molecule has 0 aromatic carbocycles. The minimum Gasteiger partial charge on any atom is -0.339 e. The van der Waals surface area contributed by atoms with E-state index in [2.05, 4.69) is 29.0 Å². The lowest BCUT2D eigenvalue weighted by molar-refractivity contribution is -0.140. The Morgan fingerprint density at radius 3 is 2.42 bits per heavy atom. The summed E-state index contributed by atoms with van der Waals surface area (Å²) in [6.07, 6.45) is 5.43. The fourth-order valence-corrected chi connectivity index (χ4v) is 3.53. The second-order valence-electron chi connectivity index (χ2n) is 6.00. The van der Waals surface area contributed by atoms with Crippen LogP contribution in [0.15, 0.2) is 0 Å². The van der Waals surface area contributed by atoms with Gasteiger partial charge in [0.05, 0.1) is 5.54 Å². The van der Waals surface area contributed by atoms with Crippen molar-refractivity contribution in [2.45, 2.75) is 51.5 Å². The van der Waals surface area contributed by atoms with Crippen LogP contribution < -0.4 is 5.32 Å². The Labute approximate surface area is 117 Å². The van der Waals surface area contributed by atoms with Crippen molar-refractivity contribution in [1.82, 2.24) is 15.1 Å². The molecule has 110 valence electrons. The normalized spacial score (nSPS) is 28.8. The number of piperazine rings is 1. The van der Waals surface area contributed by atoms with Crippen molar-refractivity contribution in [3.8, 4) is 0 Å². The second-order valence-corrected chi connectivity index (χ2v) is 6.00. The Morgan fingerprint density at radius 2 is 1.89 bits per heavy atom. The molecule has 0 aromatic rings. The number of amides is 1. The molecule has 2 fully saturated rings. The van der Waals surface area contributed by atoms with E-state index in [1.165, 1.54) is 13.0 Å². The van der Waals surface area contributed by atoms with Gasteiger partial charge in [0.2, 0.25) is 5.91 Å². The summed E-state index contributed by atoms with van der Waals surface area (Å²) in [5, 5.41) is 3.50. The van der Waals surface area contributed by atoms with Crippen molar-refractivity contribution in [1.29, 1.82) is 0 Å². The molecule has 2 aliphatic rings. The zero-order chi connectivity index (χ0) is 13.7. The Kier molecular flexibility index (Phi) is 5.22. The van der Waals surface area contributed by atoms with Gasteiger partial charge in [0.1, 0.15) is 0 Å². The van der Waals surface area contributed by atoms with E-state index in [-0.39, 0.29) is 5.54 Å². The molecular weight excluding hydrogens is 238 g/mol.